The van der Waals surface area contributed by atoms with E-state index in [2.05, 4.69) is 10.3 Å². The van der Waals surface area contributed by atoms with Gasteiger partial charge in [-0.05, 0) is 19.3 Å². The maximum Gasteiger partial charge on any atom is 0.330 e. The van der Waals surface area contributed by atoms with E-state index < -0.39 is 11.2 Å². The lowest BCUT2D eigenvalue weighted by molar-refractivity contribution is 0.194. The first-order valence-electron chi connectivity index (χ1n) is 6.47. The van der Waals surface area contributed by atoms with Crippen LogP contribution in [0, 0.1) is 0 Å². The van der Waals surface area contributed by atoms with Gasteiger partial charge in [-0.15, -0.1) is 0 Å². The van der Waals surface area contributed by atoms with Gasteiger partial charge in [-0.3, -0.25) is 14.3 Å². The topological polar surface area (TPSA) is 102 Å². The molecule has 0 aliphatic rings. The summed E-state index contributed by atoms with van der Waals surface area (Å²) in [5.41, 5.74) is 5.20. The van der Waals surface area contributed by atoms with Gasteiger partial charge in [-0.25, -0.2) is 4.79 Å². The van der Waals surface area contributed by atoms with Gasteiger partial charge in [0.05, 0.1) is 0 Å². The van der Waals surface area contributed by atoms with Crippen molar-refractivity contribution < 1.29 is 4.74 Å². The molecule has 108 valence electrons. The van der Waals surface area contributed by atoms with Crippen molar-refractivity contribution in [2.75, 3.05) is 31.3 Å². The number of methoxy groups -OCH3 is 1. The standard InChI is InChI=1S/C12H22N4O3/c1-3-7-16-10(13)9(11(17)15-12(16)18)14-6-4-5-8-19-2/h14H,3-8,13H2,1-2H3,(H,15,17,18). The zero-order valence-corrected chi connectivity index (χ0v) is 11.5. The van der Waals surface area contributed by atoms with Crippen molar-refractivity contribution in [3.05, 3.63) is 20.8 Å². The van der Waals surface area contributed by atoms with Crippen molar-refractivity contribution in [2.24, 2.45) is 0 Å². The van der Waals surface area contributed by atoms with E-state index in [9.17, 15) is 9.59 Å². The summed E-state index contributed by atoms with van der Waals surface area (Å²) < 4.78 is 6.32. The first-order chi connectivity index (χ1) is 9.11. The fourth-order valence-electron chi connectivity index (χ4n) is 1.79. The van der Waals surface area contributed by atoms with Crippen molar-refractivity contribution in [3.8, 4) is 0 Å². The summed E-state index contributed by atoms with van der Waals surface area (Å²) in [7, 11) is 1.65. The Morgan fingerprint density at radius 2 is 2.11 bits per heavy atom. The molecule has 0 aliphatic carbocycles. The molecule has 0 atom stereocenters. The number of unbranched alkanes of at least 4 members (excludes halogenated alkanes) is 1. The number of nitrogens with zero attached hydrogens (tertiary/aromatic N) is 1. The third kappa shape index (κ3) is 4.13. The van der Waals surface area contributed by atoms with Crippen LogP contribution in [0.3, 0.4) is 0 Å². The molecule has 4 N–H and O–H groups in total. The van der Waals surface area contributed by atoms with E-state index in [0.717, 1.165) is 19.3 Å². The molecule has 0 bridgehead atoms. The number of aromatic amines is 1. The number of ether oxygens (including phenoxy) is 1. The van der Waals surface area contributed by atoms with E-state index in [1.54, 1.807) is 7.11 Å². The van der Waals surface area contributed by atoms with Crippen molar-refractivity contribution in [1.29, 1.82) is 0 Å². The number of anilines is 2. The van der Waals surface area contributed by atoms with E-state index in [0.29, 0.717) is 19.7 Å². The second-order valence-electron chi connectivity index (χ2n) is 4.30. The zero-order chi connectivity index (χ0) is 14.3. The Hall–Kier alpha value is -1.76. The summed E-state index contributed by atoms with van der Waals surface area (Å²) in [4.78, 5) is 25.6. The third-order valence-corrected chi connectivity index (χ3v) is 2.76. The highest BCUT2D eigenvalue weighted by molar-refractivity contribution is 5.60. The van der Waals surface area contributed by atoms with Crippen LogP contribution in [0.25, 0.3) is 0 Å². The zero-order valence-electron chi connectivity index (χ0n) is 11.5. The highest BCUT2D eigenvalue weighted by Gasteiger charge is 2.10. The minimum atomic E-state index is -0.471. The first-order valence-corrected chi connectivity index (χ1v) is 6.47. The lowest BCUT2D eigenvalue weighted by Gasteiger charge is -2.13. The molecule has 7 heteroatoms. The van der Waals surface area contributed by atoms with E-state index in [1.807, 2.05) is 6.92 Å². The third-order valence-electron chi connectivity index (χ3n) is 2.76. The number of hydrogen-bond acceptors (Lipinski definition) is 5. The summed E-state index contributed by atoms with van der Waals surface area (Å²) in [6.45, 7) is 3.72. The number of rotatable bonds is 8. The molecule has 0 amide bonds. The van der Waals surface area contributed by atoms with Gasteiger partial charge in [0, 0.05) is 26.8 Å². The highest BCUT2D eigenvalue weighted by atomic mass is 16.5. The molecule has 0 unspecified atom stereocenters. The Balaban J connectivity index is 2.80. The van der Waals surface area contributed by atoms with Crippen LogP contribution >= 0.6 is 0 Å². The second-order valence-corrected chi connectivity index (χ2v) is 4.30. The molecular formula is C12H22N4O3. The maximum atomic E-state index is 11.7. The Morgan fingerprint density at radius 3 is 2.74 bits per heavy atom. The van der Waals surface area contributed by atoms with Gasteiger partial charge in [-0.2, -0.15) is 0 Å². The Bertz CT molecular complexity index is 507. The number of H-pyrrole nitrogens is 1. The molecule has 0 fully saturated rings. The molecule has 0 aliphatic heterocycles. The Morgan fingerprint density at radius 1 is 1.37 bits per heavy atom. The number of aromatic nitrogens is 2. The quantitative estimate of drug-likeness (QED) is 0.592. The fraction of sp³-hybridized carbons (Fsp3) is 0.667. The molecule has 19 heavy (non-hydrogen) atoms. The average molecular weight is 270 g/mol. The molecule has 0 saturated carbocycles. The molecule has 0 saturated heterocycles. The van der Waals surface area contributed by atoms with Gasteiger partial charge in [0.15, 0.2) is 0 Å². The maximum absolute atomic E-state index is 11.7. The lowest BCUT2D eigenvalue weighted by Crippen LogP contribution is -2.34. The van der Waals surface area contributed by atoms with Crippen LogP contribution in [0.1, 0.15) is 26.2 Å². The second kappa shape index (κ2) is 7.63. The lowest BCUT2D eigenvalue weighted by atomic mass is 10.3. The summed E-state index contributed by atoms with van der Waals surface area (Å²) in [5.74, 6) is 0.197. The van der Waals surface area contributed by atoms with Gasteiger partial charge in [0.2, 0.25) is 0 Å². The molecule has 0 aromatic carbocycles. The summed E-state index contributed by atoms with van der Waals surface area (Å²) in [6, 6.07) is 0. The monoisotopic (exact) mass is 270 g/mol. The Labute approximate surface area is 111 Å². The molecule has 1 aromatic heterocycles. The van der Waals surface area contributed by atoms with Crippen molar-refractivity contribution in [2.45, 2.75) is 32.7 Å². The Kier molecular flexibility index (Phi) is 6.14. The van der Waals surface area contributed by atoms with Crippen LogP contribution in [-0.2, 0) is 11.3 Å². The largest absolute Gasteiger partial charge is 0.385 e. The van der Waals surface area contributed by atoms with Crippen LogP contribution in [0.2, 0.25) is 0 Å². The molecular weight excluding hydrogens is 248 g/mol. The van der Waals surface area contributed by atoms with Crippen LogP contribution in [-0.4, -0.2) is 29.8 Å². The molecule has 1 heterocycles. The average Bonchev–Trinajstić information content (AvgIpc) is 2.37. The number of nitrogens with two attached hydrogens (primary N) is 1. The predicted molar refractivity (Wildman–Crippen MR) is 75.6 cm³/mol. The molecule has 1 rings (SSSR count). The molecule has 1 aromatic rings. The van der Waals surface area contributed by atoms with Crippen molar-refractivity contribution in [3.63, 3.8) is 0 Å². The van der Waals surface area contributed by atoms with E-state index in [-0.39, 0.29) is 11.5 Å². The number of nitrogens with one attached hydrogen (secondary N) is 2. The summed E-state index contributed by atoms with van der Waals surface area (Å²) in [5, 5.41) is 2.98. The minimum absolute atomic E-state index is 0.197. The molecule has 7 nitrogen and oxygen atoms in total. The van der Waals surface area contributed by atoms with Crippen LogP contribution in [0.4, 0.5) is 11.5 Å². The van der Waals surface area contributed by atoms with E-state index in [1.165, 1.54) is 4.57 Å². The fourth-order valence-corrected chi connectivity index (χ4v) is 1.79. The van der Waals surface area contributed by atoms with Gasteiger partial charge >= 0.3 is 5.69 Å². The van der Waals surface area contributed by atoms with E-state index in [4.69, 9.17) is 10.5 Å². The summed E-state index contributed by atoms with van der Waals surface area (Å²) >= 11 is 0. The van der Waals surface area contributed by atoms with Crippen molar-refractivity contribution >= 4 is 11.5 Å². The van der Waals surface area contributed by atoms with Crippen LogP contribution < -0.4 is 22.3 Å². The van der Waals surface area contributed by atoms with E-state index >= 15 is 0 Å². The van der Waals surface area contributed by atoms with Crippen LogP contribution in [0.15, 0.2) is 9.59 Å². The normalized spacial score (nSPS) is 10.6. The summed E-state index contributed by atoms with van der Waals surface area (Å²) in [6.07, 6.45) is 2.53. The predicted octanol–water partition coefficient (Wildman–Crippen LogP) is 0.367. The van der Waals surface area contributed by atoms with Gasteiger partial charge < -0.3 is 15.8 Å². The number of nitrogen functional groups attached to an aromatic ring is 1. The first kappa shape index (κ1) is 15.3. The van der Waals surface area contributed by atoms with Gasteiger partial charge in [-0.1, -0.05) is 6.92 Å². The van der Waals surface area contributed by atoms with Gasteiger partial charge in [0.25, 0.3) is 5.56 Å². The SMILES string of the molecule is CCCn1c(N)c(NCCCCOC)c(=O)[nH]c1=O. The van der Waals surface area contributed by atoms with Crippen LogP contribution in [0.5, 0.6) is 0 Å². The number of hydrogen-bond donors (Lipinski definition) is 3. The minimum Gasteiger partial charge on any atom is -0.385 e. The van der Waals surface area contributed by atoms with Crippen molar-refractivity contribution in [1.82, 2.24) is 9.55 Å². The van der Waals surface area contributed by atoms with Gasteiger partial charge in [0.1, 0.15) is 11.5 Å². The molecule has 0 radical (unpaired) electrons. The smallest absolute Gasteiger partial charge is 0.330 e. The highest BCUT2D eigenvalue weighted by Crippen LogP contribution is 2.10. The molecule has 0 spiro atoms.